The first kappa shape index (κ1) is 18.6. The van der Waals surface area contributed by atoms with E-state index in [9.17, 15) is 14.3 Å². The Labute approximate surface area is 175 Å². The number of nitrogens with zero attached hydrogens (tertiary/aromatic N) is 1. The van der Waals surface area contributed by atoms with Crippen LogP contribution < -0.4 is 10.6 Å². The van der Waals surface area contributed by atoms with Crippen LogP contribution >= 0.6 is 11.6 Å². The molecule has 150 valence electrons. The molecule has 30 heavy (non-hydrogen) atoms. The minimum absolute atomic E-state index is 0.252. The first-order chi connectivity index (χ1) is 14.5. The molecule has 1 aliphatic rings. The number of fused-ring (bicyclic) bond motifs is 2. The summed E-state index contributed by atoms with van der Waals surface area (Å²) in [6, 6.07) is 12.6. The number of aromatic nitrogens is 2. The van der Waals surface area contributed by atoms with Crippen LogP contribution in [-0.4, -0.2) is 21.0 Å². The number of benzene rings is 3. The molecule has 8 heteroatoms. The Hall–Kier alpha value is -3.42. The molecule has 3 aromatic carbocycles. The molecule has 0 unspecified atom stereocenters. The number of rotatable bonds is 3. The summed E-state index contributed by atoms with van der Waals surface area (Å²) in [5.74, 6) is -0.852. The van der Waals surface area contributed by atoms with Gasteiger partial charge >= 0.3 is 0 Å². The topological polar surface area (TPSA) is 90.0 Å². The largest absolute Gasteiger partial charge is 0.507 e. The maximum Gasteiger partial charge on any atom is 0.257 e. The number of anilines is 1. The van der Waals surface area contributed by atoms with E-state index < -0.39 is 5.82 Å². The summed E-state index contributed by atoms with van der Waals surface area (Å²) in [6.07, 6.45) is 0. The number of hydrogen-bond donors (Lipinski definition) is 4. The van der Waals surface area contributed by atoms with Gasteiger partial charge in [0.2, 0.25) is 0 Å². The molecule has 0 saturated carbocycles. The number of carbonyl (C=O) groups excluding carboxylic acids is 1. The van der Waals surface area contributed by atoms with Gasteiger partial charge in [-0.2, -0.15) is 0 Å². The van der Waals surface area contributed by atoms with E-state index in [0.29, 0.717) is 38.7 Å². The van der Waals surface area contributed by atoms with Gasteiger partial charge in [-0.15, -0.1) is 0 Å². The molecule has 1 amide bonds. The van der Waals surface area contributed by atoms with E-state index in [1.807, 2.05) is 18.2 Å². The van der Waals surface area contributed by atoms with Crippen LogP contribution in [0, 0.1) is 5.82 Å². The molecule has 1 aromatic heterocycles. The van der Waals surface area contributed by atoms with Crippen LogP contribution in [-0.2, 0) is 13.1 Å². The molecule has 0 spiro atoms. The SMILES string of the molecule is O=C(Nc1ccc2c(c1)CNC2)c1cc(Cl)cc2[nH]c(-c3ccc(F)cc3O)nc12. The Kier molecular flexibility index (Phi) is 4.42. The molecule has 4 N–H and O–H groups in total. The molecule has 0 atom stereocenters. The summed E-state index contributed by atoms with van der Waals surface area (Å²) in [5.41, 5.74) is 4.60. The Bertz CT molecular complexity index is 1320. The van der Waals surface area contributed by atoms with Crippen LogP contribution in [0.3, 0.4) is 0 Å². The highest BCUT2D eigenvalue weighted by atomic mass is 35.5. The number of halogens is 2. The predicted molar refractivity (Wildman–Crippen MR) is 113 cm³/mol. The molecular formula is C22H16ClFN4O2. The minimum atomic E-state index is -0.556. The van der Waals surface area contributed by atoms with E-state index >= 15 is 0 Å². The third-order valence-electron chi connectivity index (χ3n) is 5.11. The summed E-state index contributed by atoms with van der Waals surface area (Å²) in [5, 5.41) is 16.6. The average Bonchev–Trinajstić information content (AvgIpc) is 3.33. The number of phenolic OH excluding ortho intramolecular Hbond substituents is 1. The second-order valence-corrected chi connectivity index (χ2v) is 7.57. The fourth-order valence-electron chi connectivity index (χ4n) is 3.66. The molecular weight excluding hydrogens is 407 g/mol. The number of nitrogens with one attached hydrogen (secondary N) is 3. The lowest BCUT2D eigenvalue weighted by Gasteiger charge is -2.08. The van der Waals surface area contributed by atoms with Crippen LogP contribution in [0.15, 0.2) is 48.5 Å². The lowest BCUT2D eigenvalue weighted by atomic mass is 10.1. The molecule has 0 aliphatic carbocycles. The van der Waals surface area contributed by atoms with E-state index in [-0.39, 0.29) is 11.7 Å². The molecule has 0 saturated heterocycles. The van der Waals surface area contributed by atoms with Gasteiger partial charge in [0.25, 0.3) is 5.91 Å². The quantitative estimate of drug-likeness (QED) is 0.389. The third kappa shape index (κ3) is 3.28. The van der Waals surface area contributed by atoms with E-state index in [1.54, 1.807) is 12.1 Å². The second kappa shape index (κ2) is 7.12. The first-order valence-electron chi connectivity index (χ1n) is 9.30. The van der Waals surface area contributed by atoms with E-state index in [1.165, 1.54) is 17.7 Å². The zero-order valence-electron chi connectivity index (χ0n) is 15.6. The van der Waals surface area contributed by atoms with Crippen LogP contribution in [0.5, 0.6) is 5.75 Å². The number of aromatic hydroxyl groups is 1. The highest BCUT2D eigenvalue weighted by molar-refractivity contribution is 6.32. The molecule has 4 aromatic rings. The highest BCUT2D eigenvalue weighted by Gasteiger charge is 2.19. The summed E-state index contributed by atoms with van der Waals surface area (Å²) in [4.78, 5) is 20.5. The van der Waals surface area contributed by atoms with Gasteiger partial charge in [0.05, 0.1) is 16.6 Å². The zero-order valence-corrected chi connectivity index (χ0v) is 16.3. The average molecular weight is 423 g/mol. The maximum atomic E-state index is 13.3. The smallest absolute Gasteiger partial charge is 0.257 e. The Morgan fingerprint density at radius 3 is 2.77 bits per heavy atom. The van der Waals surface area contributed by atoms with Crippen molar-refractivity contribution in [3.05, 3.63) is 76.1 Å². The second-order valence-electron chi connectivity index (χ2n) is 7.14. The van der Waals surface area contributed by atoms with Crippen molar-refractivity contribution in [2.75, 3.05) is 5.32 Å². The normalized spacial score (nSPS) is 12.9. The maximum absolute atomic E-state index is 13.3. The predicted octanol–water partition coefficient (Wildman–Crippen LogP) is 4.58. The van der Waals surface area contributed by atoms with Crippen LogP contribution in [0.1, 0.15) is 21.5 Å². The van der Waals surface area contributed by atoms with Crippen molar-refractivity contribution < 1.29 is 14.3 Å². The lowest BCUT2D eigenvalue weighted by Crippen LogP contribution is -2.13. The molecule has 0 radical (unpaired) electrons. The highest BCUT2D eigenvalue weighted by Crippen LogP contribution is 2.31. The lowest BCUT2D eigenvalue weighted by molar-refractivity contribution is 0.102. The van der Waals surface area contributed by atoms with Crippen molar-refractivity contribution in [2.24, 2.45) is 0 Å². The molecule has 1 aliphatic heterocycles. The van der Waals surface area contributed by atoms with Gasteiger partial charge < -0.3 is 20.7 Å². The van der Waals surface area contributed by atoms with Crippen molar-refractivity contribution in [1.29, 1.82) is 0 Å². The van der Waals surface area contributed by atoms with Gasteiger partial charge in [-0.05, 0) is 47.5 Å². The van der Waals surface area contributed by atoms with Gasteiger partial charge in [0.1, 0.15) is 22.9 Å². The Morgan fingerprint density at radius 2 is 1.93 bits per heavy atom. The standard InChI is InChI=1S/C22H16ClFN4O2/c23-13-6-17(22(30)26-15-3-1-11-9-25-10-12(11)5-15)20-18(7-13)27-21(28-20)16-4-2-14(24)8-19(16)29/h1-8,25,29H,9-10H2,(H,26,30)(H,27,28). The van der Waals surface area contributed by atoms with Crippen LogP contribution in [0.2, 0.25) is 5.02 Å². The van der Waals surface area contributed by atoms with E-state index in [4.69, 9.17) is 11.6 Å². The minimum Gasteiger partial charge on any atom is -0.507 e. The number of imidazole rings is 1. The van der Waals surface area contributed by atoms with Gasteiger partial charge in [0, 0.05) is 29.9 Å². The fraction of sp³-hybridized carbons (Fsp3) is 0.0909. The molecule has 0 bridgehead atoms. The zero-order chi connectivity index (χ0) is 20.8. The van der Waals surface area contributed by atoms with Crippen LogP contribution in [0.4, 0.5) is 10.1 Å². The number of carbonyl (C=O) groups is 1. The molecule has 2 heterocycles. The molecule has 5 rings (SSSR count). The first-order valence-corrected chi connectivity index (χ1v) is 9.68. The monoisotopic (exact) mass is 422 g/mol. The summed E-state index contributed by atoms with van der Waals surface area (Å²) in [7, 11) is 0. The third-order valence-corrected chi connectivity index (χ3v) is 5.32. The van der Waals surface area contributed by atoms with Crippen molar-refractivity contribution >= 4 is 34.2 Å². The number of amides is 1. The number of H-pyrrole nitrogens is 1. The summed E-state index contributed by atoms with van der Waals surface area (Å²) in [6.45, 7) is 1.59. The number of aromatic amines is 1. The Morgan fingerprint density at radius 1 is 1.10 bits per heavy atom. The summed E-state index contributed by atoms with van der Waals surface area (Å²) < 4.78 is 13.3. The van der Waals surface area contributed by atoms with Crippen molar-refractivity contribution in [1.82, 2.24) is 15.3 Å². The Balaban J connectivity index is 1.53. The number of phenols is 1. The van der Waals surface area contributed by atoms with E-state index in [2.05, 4.69) is 20.6 Å². The molecule has 0 fully saturated rings. The van der Waals surface area contributed by atoms with Gasteiger partial charge in [-0.3, -0.25) is 4.79 Å². The van der Waals surface area contributed by atoms with Crippen molar-refractivity contribution in [3.8, 4) is 17.1 Å². The van der Waals surface area contributed by atoms with Crippen molar-refractivity contribution in [3.63, 3.8) is 0 Å². The summed E-state index contributed by atoms with van der Waals surface area (Å²) >= 11 is 6.22. The van der Waals surface area contributed by atoms with Crippen molar-refractivity contribution in [2.45, 2.75) is 13.1 Å². The van der Waals surface area contributed by atoms with E-state index in [0.717, 1.165) is 24.7 Å². The number of hydrogen-bond acceptors (Lipinski definition) is 4. The van der Waals surface area contributed by atoms with Gasteiger partial charge in [0.15, 0.2) is 0 Å². The van der Waals surface area contributed by atoms with Gasteiger partial charge in [-0.25, -0.2) is 9.37 Å². The fourth-order valence-corrected chi connectivity index (χ4v) is 3.88. The van der Waals surface area contributed by atoms with Gasteiger partial charge in [-0.1, -0.05) is 17.7 Å². The van der Waals surface area contributed by atoms with Crippen LogP contribution in [0.25, 0.3) is 22.4 Å². The molecule has 6 nitrogen and oxygen atoms in total.